The molecule has 2 heteroatoms. The number of hydrogen-bond acceptors (Lipinski definition) is 2. The monoisotopic (exact) mass is 257 g/mol. The number of nitrogens with one attached hydrogen (secondary N) is 1. The summed E-state index contributed by atoms with van der Waals surface area (Å²) in [5, 5.41) is 4.54. The second-order valence-corrected chi connectivity index (χ2v) is 6.98. The molecule has 102 valence electrons. The van der Waals surface area contributed by atoms with Crippen molar-refractivity contribution in [3.8, 4) is 0 Å². The highest BCUT2D eigenvalue weighted by Gasteiger charge is 2.18. The first-order valence-corrected chi connectivity index (χ1v) is 8.66. The molecule has 0 amide bonds. The summed E-state index contributed by atoms with van der Waals surface area (Å²) < 4.78 is 0. The smallest absolute Gasteiger partial charge is 0.00646 e. The van der Waals surface area contributed by atoms with Crippen LogP contribution < -0.4 is 5.32 Å². The van der Waals surface area contributed by atoms with Crippen LogP contribution in [0.5, 0.6) is 0 Å². The van der Waals surface area contributed by atoms with Crippen molar-refractivity contribution in [2.45, 2.75) is 77.0 Å². The largest absolute Gasteiger partial charge is 0.314 e. The predicted molar refractivity (Wildman–Crippen MR) is 80.9 cm³/mol. The van der Waals surface area contributed by atoms with Gasteiger partial charge in [0.05, 0.1) is 0 Å². The summed E-state index contributed by atoms with van der Waals surface area (Å²) in [5.41, 5.74) is 0. The first kappa shape index (κ1) is 15.4. The molecule has 0 aromatic carbocycles. The fourth-order valence-electron chi connectivity index (χ4n) is 2.85. The van der Waals surface area contributed by atoms with E-state index < -0.39 is 0 Å². The molecule has 1 rings (SSSR count). The molecule has 0 spiro atoms. The van der Waals surface area contributed by atoms with E-state index in [0.29, 0.717) is 0 Å². The van der Waals surface area contributed by atoms with E-state index in [4.69, 9.17) is 0 Å². The van der Waals surface area contributed by atoms with Crippen LogP contribution in [-0.2, 0) is 0 Å². The maximum absolute atomic E-state index is 3.57. The highest BCUT2D eigenvalue weighted by molar-refractivity contribution is 7.99. The zero-order chi connectivity index (χ0) is 12.5. The summed E-state index contributed by atoms with van der Waals surface area (Å²) in [4.78, 5) is 0. The highest BCUT2D eigenvalue weighted by Crippen LogP contribution is 2.32. The van der Waals surface area contributed by atoms with Gasteiger partial charge in [0.1, 0.15) is 0 Å². The molecule has 0 radical (unpaired) electrons. The van der Waals surface area contributed by atoms with Gasteiger partial charge in [-0.15, -0.1) is 0 Å². The van der Waals surface area contributed by atoms with Gasteiger partial charge in [0.15, 0.2) is 0 Å². The van der Waals surface area contributed by atoms with Gasteiger partial charge in [-0.2, -0.15) is 11.8 Å². The Morgan fingerprint density at radius 3 is 2.76 bits per heavy atom. The quantitative estimate of drug-likeness (QED) is 0.644. The standard InChI is InChI=1S/C15H31NS/c1-4-14(16-5-2)9-7-11-17-15-10-6-8-13(3)12-15/h13-16H,4-12H2,1-3H3. The van der Waals surface area contributed by atoms with Gasteiger partial charge in [0, 0.05) is 11.3 Å². The van der Waals surface area contributed by atoms with E-state index >= 15 is 0 Å². The number of hydrogen-bond donors (Lipinski definition) is 1. The minimum absolute atomic E-state index is 0.755. The van der Waals surface area contributed by atoms with Crippen LogP contribution in [0.25, 0.3) is 0 Å². The molecule has 0 aromatic heterocycles. The lowest BCUT2D eigenvalue weighted by atomic mass is 9.91. The Kier molecular flexibility index (Phi) is 8.38. The van der Waals surface area contributed by atoms with Crippen LogP contribution in [-0.4, -0.2) is 23.6 Å². The summed E-state index contributed by atoms with van der Waals surface area (Å²) in [6.45, 7) is 8.04. The highest BCUT2D eigenvalue weighted by atomic mass is 32.2. The first-order valence-electron chi connectivity index (χ1n) is 7.61. The molecule has 0 aliphatic heterocycles. The van der Waals surface area contributed by atoms with Gasteiger partial charge in [-0.25, -0.2) is 0 Å². The lowest BCUT2D eigenvalue weighted by Gasteiger charge is -2.26. The van der Waals surface area contributed by atoms with Gasteiger partial charge in [0.2, 0.25) is 0 Å². The summed E-state index contributed by atoms with van der Waals surface area (Å²) >= 11 is 2.24. The Hall–Kier alpha value is 0.310. The van der Waals surface area contributed by atoms with Gasteiger partial charge in [-0.05, 0) is 50.3 Å². The third-order valence-corrected chi connectivity index (χ3v) is 5.35. The maximum Gasteiger partial charge on any atom is 0.00646 e. The SMILES string of the molecule is CCNC(CC)CCCSC1CCCC(C)C1. The van der Waals surface area contributed by atoms with Crippen LogP contribution in [0.1, 0.15) is 65.7 Å². The lowest BCUT2D eigenvalue weighted by molar-refractivity contribution is 0.394. The van der Waals surface area contributed by atoms with E-state index in [1.165, 1.54) is 50.7 Å². The lowest BCUT2D eigenvalue weighted by Crippen LogP contribution is -2.28. The van der Waals surface area contributed by atoms with Crippen LogP contribution in [0.4, 0.5) is 0 Å². The maximum atomic E-state index is 3.57. The molecule has 3 atom stereocenters. The molecule has 17 heavy (non-hydrogen) atoms. The van der Waals surface area contributed by atoms with Gasteiger partial charge in [-0.3, -0.25) is 0 Å². The van der Waals surface area contributed by atoms with Crippen molar-refractivity contribution in [3.05, 3.63) is 0 Å². The van der Waals surface area contributed by atoms with E-state index in [9.17, 15) is 0 Å². The molecule has 1 fully saturated rings. The van der Waals surface area contributed by atoms with E-state index in [-0.39, 0.29) is 0 Å². The van der Waals surface area contributed by atoms with Gasteiger partial charge >= 0.3 is 0 Å². The zero-order valence-electron chi connectivity index (χ0n) is 12.0. The molecule has 1 aliphatic rings. The van der Waals surface area contributed by atoms with Crippen LogP contribution in [0.2, 0.25) is 0 Å². The van der Waals surface area contributed by atoms with Crippen molar-refractivity contribution < 1.29 is 0 Å². The molecule has 1 aliphatic carbocycles. The van der Waals surface area contributed by atoms with Crippen molar-refractivity contribution in [3.63, 3.8) is 0 Å². The van der Waals surface area contributed by atoms with Crippen molar-refractivity contribution in [2.24, 2.45) is 5.92 Å². The molecule has 0 aromatic rings. The minimum Gasteiger partial charge on any atom is -0.314 e. The Bertz CT molecular complexity index is 184. The Balaban J connectivity index is 2.02. The molecule has 0 saturated heterocycles. The third kappa shape index (κ3) is 6.71. The predicted octanol–water partition coefficient (Wildman–Crippen LogP) is 4.47. The van der Waals surface area contributed by atoms with E-state index in [0.717, 1.165) is 23.8 Å². The van der Waals surface area contributed by atoms with Crippen LogP contribution in [0.3, 0.4) is 0 Å². The van der Waals surface area contributed by atoms with Crippen molar-refractivity contribution in [1.29, 1.82) is 0 Å². The third-order valence-electron chi connectivity index (χ3n) is 3.92. The fourth-order valence-corrected chi connectivity index (χ4v) is 4.31. The van der Waals surface area contributed by atoms with Gasteiger partial charge < -0.3 is 5.32 Å². The van der Waals surface area contributed by atoms with E-state index in [1.807, 2.05) is 0 Å². The number of rotatable bonds is 8. The van der Waals surface area contributed by atoms with E-state index in [2.05, 4.69) is 37.8 Å². The van der Waals surface area contributed by atoms with Crippen molar-refractivity contribution in [2.75, 3.05) is 12.3 Å². The minimum atomic E-state index is 0.755. The molecule has 1 nitrogen and oxygen atoms in total. The van der Waals surface area contributed by atoms with Crippen LogP contribution >= 0.6 is 11.8 Å². The topological polar surface area (TPSA) is 12.0 Å². The fraction of sp³-hybridized carbons (Fsp3) is 1.00. The van der Waals surface area contributed by atoms with E-state index in [1.54, 1.807) is 0 Å². The Labute approximate surface area is 113 Å². The van der Waals surface area contributed by atoms with Crippen LogP contribution in [0, 0.1) is 5.92 Å². The summed E-state index contributed by atoms with van der Waals surface area (Å²) in [6, 6.07) is 0.755. The van der Waals surface area contributed by atoms with Gasteiger partial charge in [0.25, 0.3) is 0 Å². The molecule has 0 heterocycles. The average Bonchev–Trinajstić information content (AvgIpc) is 2.33. The zero-order valence-corrected chi connectivity index (χ0v) is 12.8. The normalized spacial score (nSPS) is 27.0. The molecule has 0 bridgehead atoms. The van der Waals surface area contributed by atoms with Crippen molar-refractivity contribution in [1.82, 2.24) is 5.32 Å². The summed E-state index contributed by atoms with van der Waals surface area (Å²) in [7, 11) is 0. The first-order chi connectivity index (χ1) is 8.26. The molecular formula is C15H31NS. The molecular weight excluding hydrogens is 226 g/mol. The molecule has 3 unspecified atom stereocenters. The summed E-state index contributed by atoms with van der Waals surface area (Å²) in [6.07, 6.45) is 9.90. The van der Waals surface area contributed by atoms with Crippen molar-refractivity contribution >= 4 is 11.8 Å². The van der Waals surface area contributed by atoms with Gasteiger partial charge in [-0.1, -0.05) is 33.6 Å². The second-order valence-electron chi connectivity index (χ2n) is 5.57. The summed E-state index contributed by atoms with van der Waals surface area (Å²) in [5.74, 6) is 2.35. The molecule has 1 N–H and O–H groups in total. The number of thioether (sulfide) groups is 1. The second kappa shape index (κ2) is 9.27. The average molecular weight is 257 g/mol. The van der Waals surface area contributed by atoms with Crippen LogP contribution in [0.15, 0.2) is 0 Å². The Morgan fingerprint density at radius 2 is 2.12 bits per heavy atom. The molecule has 1 saturated carbocycles. The Morgan fingerprint density at radius 1 is 1.29 bits per heavy atom.